The quantitative estimate of drug-likeness (QED) is 0.799. The van der Waals surface area contributed by atoms with Crippen LogP contribution in [-0.2, 0) is 16.6 Å². The average Bonchev–Trinajstić information content (AvgIpc) is 2.92. The lowest BCUT2D eigenvalue weighted by molar-refractivity contribution is 0.456. The van der Waals surface area contributed by atoms with Crippen molar-refractivity contribution in [2.45, 2.75) is 36.7 Å². The molecule has 0 aliphatic heterocycles. The van der Waals surface area contributed by atoms with Gasteiger partial charge in [0.05, 0.1) is 12.7 Å². The maximum absolute atomic E-state index is 12.5. The highest BCUT2D eigenvalue weighted by molar-refractivity contribution is 7.89. The van der Waals surface area contributed by atoms with Crippen molar-refractivity contribution in [3.8, 4) is 0 Å². The third kappa shape index (κ3) is 2.22. The van der Waals surface area contributed by atoms with Crippen molar-refractivity contribution in [2.75, 3.05) is 13.6 Å². The molecule has 4 unspecified atom stereocenters. The van der Waals surface area contributed by atoms with Crippen molar-refractivity contribution in [3.63, 3.8) is 0 Å². The minimum Gasteiger partial charge on any atom is -0.318 e. The predicted molar refractivity (Wildman–Crippen MR) is 78.1 cm³/mol. The van der Waals surface area contributed by atoms with Gasteiger partial charge >= 0.3 is 0 Å². The van der Waals surface area contributed by atoms with E-state index >= 15 is 0 Å². The van der Waals surface area contributed by atoms with Crippen LogP contribution in [0.1, 0.15) is 19.3 Å². The highest BCUT2D eigenvalue weighted by Gasteiger charge is 2.65. The Morgan fingerprint density at radius 2 is 2.05 bits per heavy atom. The topological polar surface area (TPSA) is 76.0 Å². The van der Waals surface area contributed by atoms with Gasteiger partial charge in [0.25, 0.3) is 0 Å². The van der Waals surface area contributed by atoms with Crippen LogP contribution in [0, 0.1) is 23.7 Å². The molecule has 4 atom stereocenters. The van der Waals surface area contributed by atoms with E-state index in [9.17, 15) is 8.42 Å². The summed E-state index contributed by atoms with van der Waals surface area (Å²) in [5.74, 6) is 2.76. The molecule has 0 spiro atoms. The molecule has 0 saturated heterocycles. The van der Waals surface area contributed by atoms with Crippen molar-refractivity contribution >= 4 is 10.0 Å². The summed E-state index contributed by atoms with van der Waals surface area (Å²) >= 11 is 0. The molecule has 3 fully saturated rings. The first kappa shape index (κ1) is 13.7. The number of rotatable bonds is 6. The largest absolute Gasteiger partial charge is 0.318 e. The van der Waals surface area contributed by atoms with Crippen LogP contribution in [0.25, 0.3) is 0 Å². The van der Waals surface area contributed by atoms with Crippen LogP contribution in [-0.4, -0.2) is 37.8 Å². The molecule has 2 N–H and O–H groups in total. The zero-order valence-electron chi connectivity index (χ0n) is 12.2. The van der Waals surface area contributed by atoms with Gasteiger partial charge in [0, 0.05) is 18.8 Å². The van der Waals surface area contributed by atoms with E-state index in [2.05, 4.69) is 15.1 Å². The fraction of sp³-hybridized carbons (Fsp3) is 0.786. The molecule has 7 heteroatoms. The molecule has 0 aromatic carbocycles. The summed E-state index contributed by atoms with van der Waals surface area (Å²) in [4.78, 5) is 0.288. The molecule has 21 heavy (non-hydrogen) atoms. The van der Waals surface area contributed by atoms with E-state index < -0.39 is 10.0 Å². The first-order valence-corrected chi connectivity index (χ1v) is 9.28. The average molecular weight is 310 g/mol. The van der Waals surface area contributed by atoms with Crippen molar-refractivity contribution in [1.29, 1.82) is 0 Å². The van der Waals surface area contributed by atoms with E-state index in [1.54, 1.807) is 10.9 Å². The van der Waals surface area contributed by atoms with Gasteiger partial charge in [-0.2, -0.15) is 5.10 Å². The summed E-state index contributed by atoms with van der Waals surface area (Å²) in [5.41, 5.74) is 0. The summed E-state index contributed by atoms with van der Waals surface area (Å²) in [6, 6.07) is 0.182. The van der Waals surface area contributed by atoms with Gasteiger partial charge in [0.15, 0.2) is 0 Å². The Hall–Kier alpha value is -0.920. The van der Waals surface area contributed by atoms with Crippen molar-refractivity contribution in [3.05, 3.63) is 12.4 Å². The van der Waals surface area contributed by atoms with E-state index in [0.717, 1.165) is 18.4 Å². The van der Waals surface area contributed by atoms with Crippen LogP contribution in [0.3, 0.4) is 0 Å². The van der Waals surface area contributed by atoms with E-state index in [-0.39, 0.29) is 10.9 Å². The van der Waals surface area contributed by atoms with Crippen molar-refractivity contribution in [1.82, 2.24) is 19.8 Å². The summed E-state index contributed by atoms with van der Waals surface area (Å²) in [6.45, 7) is 1.44. The van der Waals surface area contributed by atoms with E-state index in [0.29, 0.717) is 18.4 Å². The van der Waals surface area contributed by atoms with Gasteiger partial charge in [-0.3, -0.25) is 4.68 Å². The van der Waals surface area contributed by atoms with Gasteiger partial charge in [-0.05, 0) is 50.0 Å². The maximum Gasteiger partial charge on any atom is 0.243 e. The molecule has 3 aliphatic rings. The van der Waals surface area contributed by atoms with Crippen LogP contribution in [0.15, 0.2) is 17.3 Å². The second-order valence-corrected chi connectivity index (χ2v) is 8.39. The van der Waals surface area contributed by atoms with Crippen LogP contribution in [0.4, 0.5) is 0 Å². The van der Waals surface area contributed by atoms with Gasteiger partial charge in [-0.15, -0.1) is 0 Å². The maximum atomic E-state index is 12.5. The van der Waals surface area contributed by atoms with Crippen molar-refractivity contribution < 1.29 is 8.42 Å². The molecule has 1 aromatic rings. The minimum absolute atomic E-state index is 0.182. The minimum atomic E-state index is -3.42. The highest BCUT2D eigenvalue weighted by Crippen LogP contribution is 2.65. The van der Waals surface area contributed by atoms with Gasteiger partial charge in [-0.1, -0.05) is 0 Å². The number of fused-ring (bicyclic) bond motifs is 5. The second-order valence-electron chi connectivity index (χ2n) is 6.68. The van der Waals surface area contributed by atoms with E-state index in [1.807, 2.05) is 7.05 Å². The van der Waals surface area contributed by atoms with Crippen LogP contribution in [0.2, 0.25) is 0 Å². The molecule has 116 valence electrons. The first-order chi connectivity index (χ1) is 10.1. The van der Waals surface area contributed by atoms with Gasteiger partial charge in [-0.25, -0.2) is 13.1 Å². The summed E-state index contributed by atoms with van der Waals surface area (Å²) in [6.07, 6.45) is 6.99. The second kappa shape index (κ2) is 4.79. The SMILES string of the molecule is CNCCn1cc(S(=O)(=O)NC2C3C4CCC(C4)C23)cn1. The summed E-state index contributed by atoms with van der Waals surface area (Å²) < 4.78 is 29.5. The molecule has 0 amide bonds. The van der Waals surface area contributed by atoms with Crippen molar-refractivity contribution in [2.24, 2.45) is 23.7 Å². The fourth-order valence-electron chi connectivity index (χ4n) is 4.56. The Bertz CT molecular complexity index is 625. The molecule has 4 rings (SSSR count). The number of nitrogens with zero attached hydrogens (tertiary/aromatic N) is 2. The molecule has 3 saturated carbocycles. The molecule has 1 aromatic heterocycles. The molecule has 2 bridgehead atoms. The number of hydrogen-bond acceptors (Lipinski definition) is 4. The first-order valence-electron chi connectivity index (χ1n) is 7.79. The summed E-state index contributed by atoms with van der Waals surface area (Å²) in [5, 5.41) is 7.14. The van der Waals surface area contributed by atoms with Gasteiger partial charge < -0.3 is 5.32 Å². The molecular weight excluding hydrogens is 288 g/mol. The van der Waals surface area contributed by atoms with E-state index in [4.69, 9.17) is 0 Å². The van der Waals surface area contributed by atoms with Crippen LogP contribution >= 0.6 is 0 Å². The molecule has 3 aliphatic carbocycles. The third-order valence-corrected chi connectivity index (χ3v) is 6.95. The highest BCUT2D eigenvalue weighted by atomic mass is 32.2. The number of nitrogens with one attached hydrogen (secondary N) is 2. The predicted octanol–water partition coefficient (Wildman–Crippen LogP) is 0.425. The number of hydrogen-bond donors (Lipinski definition) is 2. The monoisotopic (exact) mass is 310 g/mol. The zero-order valence-corrected chi connectivity index (χ0v) is 13.0. The smallest absolute Gasteiger partial charge is 0.243 e. The fourth-order valence-corrected chi connectivity index (χ4v) is 5.82. The normalized spacial score (nSPS) is 36.9. The molecule has 0 radical (unpaired) electrons. The number of sulfonamides is 1. The van der Waals surface area contributed by atoms with Gasteiger partial charge in [0.2, 0.25) is 10.0 Å². The molecule has 1 heterocycles. The standard InChI is InChI=1S/C14H22N4O2S/c1-15-4-5-18-8-11(7-16-18)21(19,20)17-14-12-9-2-3-10(6-9)13(12)14/h7-10,12-15,17H,2-6H2,1H3. The Kier molecular flexibility index (Phi) is 3.13. The third-order valence-electron chi connectivity index (χ3n) is 5.54. The Morgan fingerprint density at radius 3 is 2.71 bits per heavy atom. The lowest BCUT2D eigenvalue weighted by Gasteiger charge is -2.10. The number of aromatic nitrogens is 2. The number of likely N-dealkylation sites (N-methyl/N-ethyl adjacent to an activating group) is 1. The van der Waals surface area contributed by atoms with Gasteiger partial charge in [0.1, 0.15) is 4.90 Å². The lowest BCUT2D eigenvalue weighted by atomic mass is 10.0. The Labute approximate surface area is 125 Å². The lowest BCUT2D eigenvalue weighted by Crippen LogP contribution is -2.29. The molecular formula is C14H22N4O2S. The van der Waals surface area contributed by atoms with E-state index in [1.165, 1.54) is 25.5 Å². The van der Waals surface area contributed by atoms with Crippen LogP contribution in [0.5, 0.6) is 0 Å². The zero-order chi connectivity index (χ0) is 14.6. The Morgan fingerprint density at radius 1 is 1.33 bits per heavy atom. The Balaban J connectivity index is 1.44. The summed E-state index contributed by atoms with van der Waals surface area (Å²) in [7, 11) is -1.55. The van der Waals surface area contributed by atoms with Crippen LogP contribution < -0.4 is 10.0 Å². The molecule has 6 nitrogen and oxygen atoms in total.